The van der Waals surface area contributed by atoms with Gasteiger partial charge in [0.2, 0.25) is 23.6 Å². The number of phenols is 1. The van der Waals surface area contributed by atoms with E-state index in [0.717, 1.165) is 25.8 Å². The van der Waals surface area contributed by atoms with E-state index in [4.69, 9.17) is 11.5 Å². The summed E-state index contributed by atoms with van der Waals surface area (Å²) in [5, 5.41) is 20.7. The van der Waals surface area contributed by atoms with Crippen LogP contribution in [-0.4, -0.2) is 67.5 Å². The molecule has 1 aromatic rings. The first-order valence-corrected chi connectivity index (χ1v) is 11.6. The maximum Gasteiger partial charge on any atom is 0.243 e. The first-order chi connectivity index (χ1) is 16.3. The lowest BCUT2D eigenvalue weighted by Gasteiger charge is -2.17. The summed E-state index contributed by atoms with van der Waals surface area (Å²) in [5.74, 6) is -1.63. The average molecular weight is 479 g/mol. The summed E-state index contributed by atoms with van der Waals surface area (Å²) in [4.78, 5) is 47.7. The molecule has 0 aliphatic heterocycles. The van der Waals surface area contributed by atoms with E-state index in [2.05, 4.69) is 21.3 Å². The van der Waals surface area contributed by atoms with E-state index in [0.29, 0.717) is 44.6 Å². The van der Waals surface area contributed by atoms with Crippen molar-refractivity contribution >= 4 is 23.6 Å². The number of rotatable bonds is 18. The van der Waals surface area contributed by atoms with Crippen LogP contribution in [0.3, 0.4) is 0 Å². The van der Waals surface area contributed by atoms with Crippen molar-refractivity contribution in [1.82, 2.24) is 21.3 Å². The molecule has 1 aromatic carbocycles. The SMILES string of the molecule is NCCCNCCC(=O)NCCCCCNC(=O)[C@H](CC(N)=O)NC(=O)Cc1cccc(O)c1. The van der Waals surface area contributed by atoms with E-state index in [-0.39, 0.29) is 24.5 Å². The van der Waals surface area contributed by atoms with Crippen LogP contribution in [0.15, 0.2) is 24.3 Å². The monoisotopic (exact) mass is 478 g/mol. The summed E-state index contributed by atoms with van der Waals surface area (Å²) < 4.78 is 0. The molecule has 1 atom stereocenters. The molecule has 1 rings (SSSR count). The second-order valence-corrected chi connectivity index (χ2v) is 7.98. The van der Waals surface area contributed by atoms with Crippen LogP contribution in [-0.2, 0) is 25.6 Å². The predicted octanol–water partition coefficient (Wildman–Crippen LogP) is -0.974. The Morgan fingerprint density at radius 1 is 0.912 bits per heavy atom. The standard InChI is InChI=1S/C23H38N6O5/c24-9-5-10-26-13-8-21(32)27-11-2-1-3-12-28-23(34)19(16-20(25)31)29-22(33)15-17-6-4-7-18(30)14-17/h4,6-7,14,19,26,30H,1-3,5,8-13,15-16,24H2,(H2,25,31)(H,27,32)(H,28,34)(H,29,33)/t19-/m0/s1. The molecule has 0 fully saturated rings. The van der Waals surface area contributed by atoms with E-state index >= 15 is 0 Å². The minimum Gasteiger partial charge on any atom is -0.508 e. The Kier molecular flexibility index (Phi) is 14.7. The summed E-state index contributed by atoms with van der Waals surface area (Å²) >= 11 is 0. The van der Waals surface area contributed by atoms with Gasteiger partial charge >= 0.3 is 0 Å². The number of aromatic hydroxyl groups is 1. The van der Waals surface area contributed by atoms with Crippen molar-refractivity contribution in [1.29, 1.82) is 0 Å². The Morgan fingerprint density at radius 2 is 1.65 bits per heavy atom. The number of carbonyl (C=O) groups excluding carboxylic acids is 4. The quantitative estimate of drug-likeness (QED) is 0.132. The topological polar surface area (TPSA) is 189 Å². The first-order valence-electron chi connectivity index (χ1n) is 11.6. The van der Waals surface area contributed by atoms with Crippen LogP contribution in [0, 0.1) is 0 Å². The fraction of sp³-hybridized carbons (Fsp3) is 0.565. The van der Waals surface area contributed by atoms with Crippen molar-refractivity contribution < 1.29 is 24.3 Å². The molecule has 0 heterocycles. The molecule has 0 aliphatic carbocycles. The van der Waals surface area contributed by atoms with Gasteiger partial charge in [-0.05, 0) is 56.5 Å². The number of unbranched alkanes of at least 4 members (excludes halogenated alkanes) is 2. The van der Waals surface area contributed by atoms with Crippen LogP contribution in [0.2, 0.25) is 0 Å². The van der Waals surface area contributed by atoms with Gasteiger partial charge < -0.3 is 37.8 Å². The van der Waals surface area contributed by atoms with Crippen molar-refractivity contribution in [2.45, 2.75) is 51.0 Å². The average Bonchev–Trinajstić information content (AvgIpc) is 2.77. The molecule has 0 bridgehead atoms. The molecule has 0 saturated carbocycles. The lowest BCUT2D eigenvalue weighted by molar-refractivity contribution is -0.131. The number of hydrogen-bond acceptors (Lipinski definition) is 7. The van der Waals surface area contributed by atoms with E-state index in [9.17, 15) is 24.3 Å². The molecule has 0 aliphatic rings. The summed E-state index contributed by atoms with van der Waals surface area (Å²) in [6, 6.07) is 5.15. The molecule has 34 heavy (non-hydrogen) atoms. The summed E-state index contributed by atoms with van der Waals surface area (Å²) in [5.41, 5.74) is 11.2. The zero-order chi connectivity index (χ0) is 25.2. The van der Waals surface area contributed by atoms with Gasteiger partial charge in [0.15, 0.2) is 0 Å². The van der Waals surface area contributed by atoms with Gasteiger partial charge in [0, 0.05) is 26.1 Å². The maximum atomic E-state index is 12.4. The van der Waals surface area contributed by atoms with E-state index in [1.807, 2.05) is 0 Å². The zero-order valence-electron chi connectivity index (χ0n) is 19.6. The fourth-order valence-electron chi connectivity index (χ4n) is 3.14. The zero-order valence-corrected chi connectivity index (χ0v) is 19.6. The molecule has 0 unspecified atom stereocenters. The normalized spacial score (nSPS) is 11.4. The van der Waals surface area contributed by atoms with Gasteiger partial charge in [-0.15, -0.1) is 0 Å². The van der Waals surface area contributed by atoms with Crippen molar-refractivity contribution in [2.24, 2.45) is 11.5 Å². The third-order valence-corrected chi connectivity index (χ3v) is 4.89. The smallest absolute Gasteiger partial charge is 0.243 e. The van der Waals surface area contributed by atoms with Gasteiger partial charge in [0.25, 0.3) is 0 Å². The molecule has 0 aromatic heterocycles. The number of carbonyl (C=O) groups is 4. The number of primary amides is 1. The second-order valence-electron chi connectivity index (χ2n) is 7.98. The van der Waals surface area contributed by atoms with Crippen LogP contribution in [0.4, 0.5) is 0 Å². The predicted molar refractivity (Wildman–Crippen MR) is 129 cm³/mol. The third kappa shape index (κ3) is 14.1. The Labute approximate surface area is 200 Å². The van der Waals surface area contributed by atoms with Gasteiger partial charge in [-0.2, -0.15) is 0 Å². The van der Waals surface area contributed by atoms with Crippen LogP contribution < -0.4 is 32.7 Å². The molecule has 0 spiro atoms. The van der Waals surface area contributed by atoms with Crippen molar-refractivity contribution in [3.8, 4) is 5.75 Å². The minimum atomic E-state index is -1.07. The first kappa shape index (κ1) is 28.9. The molecule has 190 valence electrons. The molecule has 9 N–H and O–H groups in total. The highest BCUT2D eigenvalue weighted by molar-refractivity contribution is 5.92. The van der Waals surface area contributed by atoms with E-state index in [1.54, 1.807) is 12.1 Å². The van der Waals surface area contributed by atoms with Gasteiger partial charge in [-0.25, -0.2) is 0 Å². The molecule has 11 heteroatoms. The molecule has 0 saturated heterocycles. The van der Waals surface area contributed by atoms with Gasteiger partial charge in [0.1, 0.15) is 11.8 Å². The molecule has 11 nitrogen and oxygen atoms in total. The Morgan fingerprint density at radius 3 is 2.32 bits per heavy atom. The summed E-state index contributed by atoms with van der Waals surface area (Å²) in [6.07, 6.45) is 3.18. The Balaban J connectivity index is 2.24. The van der Waals surface area contributed by atoms with Crippen molar-refractivity contribution in [3.63, 3.8) is 0 Å². The lowest BCUT2D eigenvalue weighted by Crippen LogP contribution is -2.49. The number of benzene rings is 1. The van der Waals surface area contributed by atoms with Crippen molar-refractivity contribution in [2.75, 3.05) is 32.7 Å². The maximum absolute atomic E-state index is 12.4. The van der Waals surface area contributed by atoms with E-state index < -0.39 is 23.8 Å². The highest BCUT2D eigenvalue weighted by Gasteiger charge is 2.22. The second kappa shape index (κ2) is 17.3. The van der Waals surface area contributed by atoms with Gasteiger partial charge in [-0.3, -0.25) is 19.2 Å². The van der Waals surface area contributed by atoms with Crippen LogP contribution in [0.5, 0.6) is 5.75 Å². The number of nitrogens with two attached hydrogens (primary N) is 2. The van der Waals surface area contributed by atoms with Crippen LogP contribution in [0.25, 0.3) is 0 Å². The number of hydrogen-bond donors (Lipinski definition) is 7. The van der Waals surface area contributed by atoms with E-state index in [1.165, 1.54) is 12.1 Å². The van der Waals surface area contributed by atoms with Crippen LogP contribution >= 0.6 is 0 Å². The van der Waals surface area contributed by atoms with Gasteiger partial charge in [0.05, 0.1) is 12.8 Å². The van der Waals surface area contributed by atoms with Crippen LogP contribution in [0.1, 0.15) is 44.1 Å². The summed E-state index contributed by atoms with van der Waals surface area (Å²) in [7, 11) is 0. The number of phenolic OH excluding ortho intramolecular Hbond substituents is 1. The molecular formula is C23H38N6O5. The highest BCUT2D eigenvalue weighted by Crippen LogP contribution is 2.11. The molecular weight excluding hydrogens is 440 g/mol. The molecule has 0 radical (unpaired) electrons. The number of nitrogens with one attached hydrogen (secondary N) is 4. The largest absolute Gasteiger partial charge is 0.508 e. The lowest BCUT2D eigenvalue weighted by atomic mass is 10.1. The fourth-order valence-corrected chi connectivity index (χ4v) is 3.14. The Bertz CT molecular complexity index is 789. The third-order valence-electron chi connectivity index (χ3n) is 4.89. The Hall–Kier alpha value is -3.18. The summed E-state index contributed by atoms with van der Waals surface area (Å²) in [6.45, 7) is 2.98. The molecule has 4 amide bonds. The van der Waals surface area contributed by atoms with Gasteiger partial charge in [-0.1, -0.05) is 12.1 Å². The minimum absolute atomic E-state index is 0.00991. The highest BCUT2D eigenvalue weighted by atomic mass is 16.3. The number of amides is 4. The van der Waals surface area contributed by atoms with Crippen molar-refractivity contribution in [3.05, 3.63) is 29.8 Å².